The average Bonchev–Trinajstić information content (AvgIpc) is 3.46. The Kier molecular flexibility index (Phi) is 8.24. The van der Waals surface area contributed by atoms with Gasteiger partial charge in [-0.15, -0.1) is 6.58 Å². The summed E-state index contributed by atoms with van der Waals surface area (Å²) in [4.78, 5) is 2.38. The molecule has 0 N–H and O–H groups in total. The summed E-state index contributed by atoms with van der Waals surface area (Å²) in [6.07, 6.45) is 11.7. The van der Waals surface area contributed by atoms with Gasteiger partial charge in [-0.05, 0) is 84.8 Å². The van der Waals surface area contributed by atoms with Crippen LogP contribution in [-0.2, 0) is 23.7 Å². The molecule has 0 radical (unpaired) electrons. The van der Waals surface area contributed by atoms with Gasteiger partial charge in [0.05, 0.1) is 5.41 Å². The Morgan fingerprint density at radius 2 is 1.49 bits per heavy atom. The molecule has 2 aliphatic rings. The first-order valence-electron chi connectivity index (χ1n) is 16.7. The third kappa shape index (κ3) is 5.26. The van der Waals surface area contributed by atoms with E-state index in [0.717, 1.165) is 30.8 Å². The molecule has 2 heterocycles. The lowest BCUT2D eigenvalue weighted by Gasteiger charge is -2.29. The topological polar surface area (TPSA) is 6.25 Å². The summed E-state index contributed by atoms with van der Waals surface area (Å²) in [5.74, 6) is 0. The van der Waals surface area contributed by atoms with Crippen LogP contribution in [0.4, 0.5) is 11.4 Å². The fourth-order valence-electron chi connectivity index (χ4n) is 8.33. The van der Waals surface area contributed by atoms with Crippen LogP contribution in [0.2, 0.25) is 5.02 Å². The number of hydrogen-bond donors (Lipinski definition) is 0. The fraction of sp³-hybridized carbons (Fsp3) is 0.205. The second-order valence-corrected chi connectivity index (χ2v) is 13.6. The largest absolute Gasteiger partial charge is 0.347 e. The highest BCUT2D eigenvalue weighted by Crippen LogP contribution is 2.52. The van der Waals surface area contributed by atoms with Crippen molar-refractivity contribution in [2.45, 2.75) is 43.9 Å². The maximum absolute atomic E-state index is 6.78. The van der Waals surface area contributed by atoms with Crippen LogP contribution >= 0.6 is 11.6 Å². The zero-order valence-electron chi connectivity index (χ0n) is 27.6. The summed E-state index contributed by atoms with van der Waals surface area (Å²) < 4.78 is 2.50. The number of rotatable bonds is 9. The van der Waals surface area contributed by atoms with Gasteiger partial charge in [-0.25, -0.2) is 0 Å². The number of hydrogen-bond acceptors (Lipinski definition) is 1. The summed E-state index contributed by atoms with van der Waals surface area (Å²) in [5.41, 5.74) is 9.87. The summed E-state index contributed by atoms with van der Waals surface area (Å²) in [6, 6.07) is 41.5. The Labute approximate surface area is 284 Å². The Hall–Kier alpha value is -4.66. The summed E-state index contributed by atoms with van der Waals surface area (Å²) in [5, 5.41) is 3.36. The van der Waals surface area contributed by atoms with E-state index >= 15 is 0 Å². The van der Waals surface area contributed by atoms with Gasteiger partial charge < -0.3 is 4.90 Å². The lowest BCUT2D eigenvalue weighted by atomic mass is 9.69. The number of likely N-dealkylation sites (N-methyl/N-ethyl adjacent to an activating group) is 1. The standard InChI is InChI=1S/C44H42ClN2/c1-5-28-43(3)40(46(4)39-26-24-34-20-13-14-21-36(34)42(39)43)22-15-23-41-44(30-32-16-9-7-10-17-32,31-33-18-11-8-12-19-33)37-29-35(45)25-27-38(37)47(41)6-2/h5,7-27,29H,1,6,28,30-31H2,2-4H3/q+1. The zero-order valence-corrected chi connectivity index (χ0v) is 28.3. The number of nitrogens with zero attached hydrogens (tertiary/aromatic N) is 2. The Morgan fingerprint density at radius 3 is 2.15 bits per heavy atom. The minimum Gasteiger partial charge on any atom is -0.347 e. The molecule has 5 aromatic carbocycles. The normalized spacial score (nSPS) is 19.1. The van der Waals surface area contributed by atoms with Crippen molar-refractivity contribution in [1.29, 1.82) is 0 Å². The zero-order chi connectivity index (χ0) is 32.6. The lowest BCUT2D eigenvalue weighted by molar-refractivity contribution is -0.433. The van der Waals surface area contributed by atoms with Crippen molar-refractivity contribution in [3.63, 3.8) is 0 Å². The highest BCUT2D eigenvalue weighted by atomic mass is 35.5. The van der Waals surface area contributed by atoms with E-state index < -0.39 is 0 Å². The van der Waals surface area contributed by atoms with Gasteiger partial charge in [0.15, 0.2) is 5.71 Å². The SMILES string of the molecule is C=CCC1(C)C(=CC=CC2=[N+](CC)c3ccc(Cl)cc3C2(Cc2ccccc2)Cc2ccccc2)N(C)c2ccc3ccccc3c21. The molecule has 3 heteroatoms. The van der Waals surface area contributed by atoms with Crippen LogP contribution in [0, 0.1) is 0 Å². The maximum atomic E-state index is 6.78. The number of anilines is 1. The summed E-state index contributed by atoms with van der Waals surface area (Å²) in [7, 11) is 2.20. The van der Waals surface area contributed by atoms with Crippen molar-refractivity contribution < 1.29 is 4.58 Å². The van der Waals surface area contributed by atoms with Gasteiger partial charge in [-0.3, -0.25) is 0 Å². The molecule has 1 atom stereocenters. The molecule has 0 aliphatic carbocycles. The highest BCUT2D eigenvalue weighted by Gasteiger charge is 2.51. The molecule has 0 fully saturated rings. The second-order valence-electron chi connectivity index (χ2n) is 13.2. The molecule has 1 unspecified atom stereocenters. The molecule has 0 amide bonds. The van der Waals surface area contributed by atoms with Gasteiger partial charge in [0.25, 0.3) is 0 Å². The Morgan fingerprint density at radius 1 is 0.830 bits per heavy atom. The number of allylic oxidation sites excluding steroid dienone is 5. The van der Waals surface area contributed by atoms with E-state index in [1.165, 1.54) is 55.8 Å². The molecule has 2 aliphatic heterocycles. The van der Waals surface area contributed by atoms with E-state index in [1.54, 1.807) is 0 Å². The smallest absolute Gasteiger partial charge is 0.209 e. The van der Waals surface area contributed by atoms with E-state index in [0.29, 0.717) is 0 Å². The molecule has 234 valence electrons. The van der Waals surface area contributed by atoms with E-state index in [4.69, 9.17) is 11.6 Å². The molecule has 0 saturated carbocycles. The Bertz CT molecular complexity index is 2010. The van der Waals surface area contributed by atoms with E-state index in [9.17, 15) is 0 Å². The molecule has 5 aromatic rings. The molecule has 2 nitrogen and oxygen atoms in total. The molecular weight excluding hydrogens is 592 g/mol. The predicted molar refractivity (Wildman–Crippen MR) is 201 cm³/mol. The minimum atomic E-state index is -0.306. The van der Waals surface area contributed by atoms with Gasteiger partial charge >= 0.3 is 0 Å². The number of halogens is 1. The van der Waals surface area contributed by atoms with Crippen LogP contribution in [0.25, 0.3) is 10.8 Å². The number of benzene rings is 5. The van der Waals surface area contributed by atoms with Crippen LogP contribution in [0.3, 0.4) is 0 Å². The van der Waals surface area contributed by atoms with Crippen molar-refractivity contribution in [3.8, 4) is 0 Å². The van der Waals surface area contributed by atoms with Crippen LogP contribution in [-0.4, -0.2) is 23.9 Å². The molecule has 0 saturated heterocycles. The van der Waals surface area contributed by atoms with Crippen molar-refractivity contribution >= 4 is 39.5 Å². The molecule has 47 heavy (non-hydrogen) atoms. The second kappa shape index (κ2) is 12.5. The third-order valence-corrected chi connectivity index (χ3v) is 10.6. The van der Waals surface area contributed by atoms with Crippen molar-refractivity contribution in [1.82, 2.24) is 0 Å². The molecule has 7 rings (SSSR count). The van der Waals surface area contributed by atoms with E-state index in [2.05, 4.69) is 170 Å². The van der Waals surface area contributed by atoms with E-state index in [-0.39, 0.29) is 10.8 Å². The fourth-order valence-corrected chi connectivity index (χ4v) is 8.51. The van der Waals surface area contributed by atoms with Crippen LogP contribution in [0.15, 0.2) is 152 Å². The van der Waals surface area contributed by atoms with Crippen molar-refractivity contribution in [2.75, 3.05) is 18.5 Å². The molecule has 0 aromatic heterocycles. The first-order valence-corrected chi connectivity index (χ1v) is 17.1. The monoisotopic (exact) mass is 633 g/mol. The van der Waals surface area contributed by atoms with Crippen LogP contribution in [0.1, 0.15) is 42.5 Å². The molecule has 0 bridgehead atoms. The van der Waals surface area contributed by atoms with Gasteiger partial charge in [0, 0.05) is 46.6 Å². The van der Waals surface area contributed by atoms with Crippen molar-refractivity contribution in [2.24, 2.45) is 0 Å². The van der Waals surface area contributed by atoms with Gasteiger partial charge in [-0.1, -0.05) is 115 Å². The van der Waals surface area contributed by atoms with Crippen LogP contribution < -0.4 is 4.90 Å². The molecular formula is C44H42ClN2+. The predicted octanol–water partition coefficient (Wildman–Crippen LogP) is 10.8. The van der Waals surface area contributed by atoms with Gasteiger partial charge in [0.1, 0.15) is 6.54 Å². The van der Waals surface area contributed by atoms with Crippen molar-refractivity contribution in [3.05, 3.63) is 179 Å². The summed E-state index contributed by atoms with van der Waals surface area (Å²) in [6.45, 7) is 9.67. The first kappa shape index (κ1) is 31.0. The van der Waals surface area contributed by atoms with Crippen LogP contribution in [0.5, 0.6) is 0 Å². The van der Waals surface area contributed by atoms with E-state index in [1.807, 2.05) is 6.07 Å². The third-order valence-electron chi connectivity index (χ3n) is 10.4. The minimum absolute atomic E-state index is 0.205. The van der Waals surface area contributed by atoms with Gasteiger partial charge in [0.2, 0.25) is 5.69 Å². The molecule has 0 spiro atoms. The highest BCUT2D eigenvalue weighted by molar-refractivity contribution is 6.30. The number of fused-ring (bicyclic) bond motifs is 4. The average molecular weight is 634 g/mol. The maximum Gasteiger partial charge on any atom is 0.209 e. The lowest BCUT2D eigenvalue weighted by Crippen LogP contribution is -2.39. The quantitative estimate of drug-likeness (QED) is 0.116. The first-order chi connectivity index (χ1) is 22.9. The summed E-state index contributed by atoms with van der Waals surface area (Å²) >= 11 is 6.78. The van der Waals surface area contributed by atoms with Gasteiger partial charge in [-0.2, -0.15) is 4.58 Å². The Balaban J connectivity index is 1.40.